The molecule has 0 aromatic carbocycles. The molecule has 11 fully saturated rings. The summed E-state index contributed by atoms with van der Waals surface area (Å²) in [6, 6.07) is 0. The van der Waals surface area contributed by atoms with Crippen molar-refractivity contribution in [1.82, 2.24) is 0 Å². The first-order valence-electron chi connectivity index (χ1n) is 22.7. The molecule has 10 heteroatoms. The van der Waals surface area contributed by atoms with Gasteiger partial charge in [0.05, 0.1) is 33.4 Å². The molecule has 7 unspecified atom stereocenters. The van der Waals surface area contributed by atoms with Gasteiger partial charge in [-0.15, -0.1) is 0 Å². The molecule has 10 nitrogen and oxygen atoms in total. The summed E-state index contributed by atoms with van der Waals surface area (Å²) >= 11 is 0. The number of hydrogen-bond acceptors (Lipinski definition) is 10. The van der Waals surface area contributed by atoms with Gasteiger partial charge in [-0.3, -0.25) is 19.2 Å². The second-order valence-corrected chi connectivity index (χ2v) is 22.9. The van der Waals surface area contributed by atoms with Crippen molar-refractivity contribution in [3.63, 3.8) is 0 Å². The average molecular weight is 799 g/mol. The van der Waals surface area contributed by atoms with Crippen LogP contribution in [0.2, 0.25) is 0 Å². The summed E-state index contributed by atoms with van der Waals surface area (Å²) in [5, 5.41) is 21.3. The van der Waals surface area contributed by atoms with Crippen LogP contribution in [0.5, 0.6) is 0 Å². The highest BCUT2D eigenvalue weighted by atomic mass is 16.6. The maximum absolute atomic E-state index is 12.5. The molecule has 0 amide bonds. The Hall–Kier alpha value is -2.20. The van der Waals surface area contributed by atoms with Crippen molar-refractivity contribution >= 4 is 23.9 Å². The minimum Gasteiger partial charge on any atom is -0.458 e. The van der Waals surface area contributed by atoms with E-state index in [1.807, 2.05) is 55.4 Å². The summed E-state index contributed by atoms with van der Waals surface area (Å²) in [5.41, 5.74) is -3.80. The van der Waals surface area contributed by atoms with Crippen LogP contribution in [0.1, 0.15) is 172 Å². The van der Waals surface area contributed by atoms with E-state index in [4.69, 9.17) is 18.9 Å². The SMILES string of the molecule is CCC(C)(C)C(=O)OC1(C)C2CC3CC(C2)CC1C3.CCC(C)(C)C(=O)OC12CC3CC(O)(CC(O)(C3)C1)C2.CCC(C)(C)C(=O)OC1C2CC3C(=O)OC1C3C2. The van der Waals surface area contributed by atoms with Crippen LogP contribution in [0.3, 0.4) is 0 Å². The molecule has 11 aliphatic rings. The van der Waals surface area contributed by atoms with Gasteiger partial charge in [0.15, 0.2) is 0 Å². The Balaban J connectivity index is 0.000000131. The van der Waals surface area contributed by atoms with Gasteiger partial charge in [-0.1, -0.05) is 20.8 Å². The van der Waals surface area contributed by atoms with E-state index in [0.717, 1.165) is 63.2 Å². The summed E-state index contributed by atoms with van der Waals surface area (Å²) in [4.78, 5) is 48.6. The summed E-state index contributed by atoms with van der Waals surface area (Å²) in [5.74, 6) is 3.65. The number of rotatable bonds is 9. The van der Waals surface area contributed by atoms with Gasteiger partial charge < -0.3 is 29.2 Å². The topological polar surface area (TPSA) is 146 Å². The van der Waals surface area contributed by atoms with E-state index in [1.54, 1.807) is 0 Å². The molecule has 0 aromatic rings. The monoisotopic (exact) mass is 799 g/mol. The maximum Gasteiger partial charge on any atom is 0.312 e. The lowest BCUT2D eigenvalue weighted by Crippen LogP contribution is -2.67. The van der Waals surface area contributed by atoms with E-state index >= 15 is 0 Å². The van der Waals surface area contributed by atoms with Crippen molar-refractivity contribution in [3.05, 3.63) is 0 Å². The quantitative estimate of drug-likeness (QED) is 0.173. The van der Waals surface area contributed by atoms with E-state index in [1.165, 1.54) is 32.1 Å². The summed E-state index contributed by atoms with van der Waals surface area (Å²) < 4.78 is 23.1. The third-order valence-corrected chi connectivity index (χ3v) is 17.3. The number of hydrogen-bond donors (Lipinski definition) is 2. The molecule has 7 atom stereocenters. The molecule has 10 saturated carbocycles. The van der Waals surface area contributed by atoms with Crippen LogP contribution in [0.25, 0.3) is 0 Å². The van der Waals surface area contributed by atoms with Gasteiger partial charge in [0, 0.05) is 31.1 Å². The average Bonchev–Trinajstić information content (AvgIpc) is 3.75. The molecule has 0 spiro atoms. The molecular weight excluding hydrogens is 725 g/mol. The normalized spacial score (nSPS) is 44.1. The number of fused-ring (bicyclic) bond motifs is 1. The van der Waals surface area contributed by atoms with E-state index in [-0.39, 0.29) is 58.9 Å². The standard InChI is InChI=1S/C17H28O2.C16H26O4.C14H20O4/c1-5-16(2,3)15(18)19-17(4)13-7-11-6-12(9-13)10-14(17)8-11;1-4-13(2,3)12(17)20-16-7-11-5-14(18,9-16)8-15(19,6-11)10-16;1-4-14(2,3)13(16)18-10-7-5-8-9(6-7)12(15)17-11(8)10/h11-14H,5-10H2,1-4H3;11,18-19H,4-10H2,1-3H3;7-11H,4-6H2,1-3H3. The zero-order chi connectivity index (χ0) is 41.7. The number of ether oxygens (including phenoxy) is 4. The van der Waals surface area contributed by atoms with Gasteiger partial charge in [-0.2, -0.15) is 0 Å². The molecule has 10 bridgehead atoms. The smallest absolute Gasteiger partial charge is 0.312 e. The minimum atomic E-state index is -0.842. The molecule has 0 radical (unpaired) electrons. The Morgan fingerprint density at radius 1 is 0.667 bits per heavy atom. The zero-order valence-electron chi connectivity index (χ0n) is 36.7. The first kappa shape index (κ1) is 42.9. The third-order valence-electron chi connectivity index (χ3n) is 17.3. The Morgan fingerprint density at radius 2 is 1.16 bits per heavy atom. The second kappa shape index (κ2) is 14.5. The van der Waals surface area contributed by atoms with Gasteiger partial charge in [-0.05, 0) is 162 Å². The number of aliphatic hydroxyl groups is 2. The molecule has 2 N–H and O–H groups in total. The predicted octanol–water partition coefficient (Wildman–Crippen LogP) is 8.26. The Bertz CT molecular complexity index is 1550. The van der Waals surface area contributed by atoms with Gasteiger partial charge >= 0.3 is 23.9 Å². The fourth-order valence-corrected chi connectivity index (χ4v) is 13.1. The molecular formula is C47H74O10. The second-order valence-electron chi connectivity index (χ2n) is 22.9. The van der Waals surface area contributed by atoms with Crippen molar-refractivity contribution in [3.8, 4) is 0 Å². The van der Waals surface area contributed by atoms with Crippen LogP contribution >= 0.6 is 0 Å². The fourth-order valence-electron chi connectivity index (χ4n) is 13.1. The molecule has 0 aromatic heterocycles. The first-order valence-corrected chi connectivity index (χ1v) is 22.7. The summed E-state index contributed by atoms with van der Waals surface area (Å²) in [6.07, 6.45) is 14.1. The minimum absolute atomic E-state index is 0.0185. The maximum atomic E-state index is 12.5. The van der Waals surface area contributed by atoms with Gasteiger partial charge in [0.2, 0.25) is 0 Å². The van der Waals surface area contributed by atoms with Crippen molar-refractivity contribution < 1.29 is 48.3 Å². The lowest BCUT2D eigenvalue weighted by Gasteiger charge is -2.62. The van der Waals surface area contributed by atoms with Gasteiger partial charge in [0.25, 0.3) is 0 Å². The van der Waals surface area contributed by atoms with Crippen LogP contribution in [-0.2, 0) is 38.1 Å². The highest BCUT2D eigenvalue weighted by molar-refractivity contribution is 5.79. The Labute approximate surface area is 341 Å². The first-order chi connectivity index (χ1) is 26.4. The molecule has 322 valence electrons. The van der Waals surface area contributed by atoms with Crippen LogP contribution in [-0.4, -0.2) is 68.7 Å². The number of esters is 4. The van der Waals surface area contributed by atoms with Crippen LogP contribution in [0.4, 0.5) is 0 Å². The summed E-state index contributed by atoms with van der Waals surface area (Å²) in [6.45, 7) is 19.8. The number of carbonyl (C=O) groups excluding carboxylic acids is 4. The molecule has 1 saturated heterocycles. The molecule has 1 aliphatic heterocycles. The predicted molar refractivity (Wildman–Crippen MR) is 213 cm³/mol. The third kappa shape index (κ3) is 7.83. The van der Waals surface area contributed by atoms with Crippen LogP contribution < -0.4 is 0 Å². The van der Waals surface area contributed by atoms with Gasteiger partial charge in [-0.25, -0.2) is 0 Å². The molecule has 57 heavy (non-hydrogen) atoms. The molecule has 11 rings (SSSR count). The molecule has 10 aliphatic carbocycles. The van der Waals surface area contributed by atoms with Crippen molar-refractivity contribution in [2.24, 2.45) is 63.6 Å². The van der Waals surface area contributed by atoms with Crippen LogP contribution in [0, 0.1) is 63.6 Å². The fraction of sp³-hybridized carbons (Fsp3) is 0.915. The lowest BCUT2D eigenvalue weighted by molar-refractivity contribution is -0.264. The largest absolute Gasteiger partial charge is 0.458 e. The zero-order valence-corrected chi connectivity index (χ0v) is 36.7. The highest BCUT2D eigenvalue weighted by Gasteiger charge is 2.66. The Kier molecular flexibility index (Phi) is 10.9. The van der Waals surface area contributed by atoms with Crippen molar-refractivity contribution in [1.29, 1.82) is 0 Å². The van der Waals surface area contributed by atoms with E-state index < -0.39 is 27.6 Å². The van der Waals surface area contributed by atoms with Gasteiger partial charge in [0.1, 0.15) is 23.4 Å². The number of carbonyl (C=O) groups is 4. The van der Waals surface area contributed by atoms with Crippen LogP contribution in [0.15, 0.2) is 0 Å². The Morgan fingerprint density at radius 3 is 1.65 bits per heavy atom. The van der Waals surface area contributed by atoms with Crippen molar-refractivity contribution in [2.75, 3.05) is 0 Å². The lowest BCUT2D eigenvalue weighted by atomic mass is 9.50. The molecule has 1 heterocycles. The summed E-state index contributed by atoms with van der Waals surface area (Å²) in [7, 11) is 0. The van der Waals surface area contributed by atoms with E-state index in [2.05, 4.69) is 13.8 Å². The van der Waals surface area contributed by atoms with E-state index in [0.29, 0.717) is 42.9 Å². The van der Waals surface area contributed by atoms with Crippen molar-refractivity contribution in [2.45, 2.75) is 207 Å². The van der Waals surface area contributed by atoms with E-state index in [9.17, 15) is 29.4 Å². The highest BCUT2D eigenvalue weighted by Crippen LogP contribution is 2.62.